The number of carboxylic acids is 1. The van der Waals surface area contributed by atoms with E-state index in [-0.39, 0.29) is 11.0 Å². The Labute approximate surface area is 96.1 Å². The quantitative estimate of drug-likeness (QED) is 0.847. The van der Waals surface area contributed by atoms with Crippen LogP contribution in [0.5, 0.6) is 5.75 Å². The van der Waals surface area contributed by atoms with Crippen molar-refractivity contribution in [3.05, 3.63) is 29.0 Å². The maximum atomic E-state index is 10.8. The largest absolute Gasteiger partial charge is 0.508 e. The van der Waals surface area contributed by atoms with Crippen molar-refractivity contribution in [2.45, 2.75) is 12.8 Å². The third kappa shape index (κ3) is 1.72. The molecule has 0 radical (unpaired) electrons. The molecule has 2 aromatic rings. The molecule has 0 saturated heterocycles. The Morgan fingerprint density at radius 3 is 2.75 bits per heavy atom. The van der Waals surface area contributed by atoms with Gasteiger partial charge in [0.15, 0.2) is 5.22 Å². The van der Waals surface area contributed by atoms with Gasteiger partial charge in [0.1, 0.15) is 11.3 Å². The zero-order valence-corrected chi connectivity index (χ0v) is 9.15. The summed E-state index contributed by atoms with van der Waals surface area (Å²) < 4.78 is 5.15. The molecule has 0 saturated carbocycles. The maximum absolute atomic E-state index is 10.8. The lowest BCUT2D eigenvalue weighted by Gasteiger charge is -2.08. The highest BCUT2D eigenvalue weighted by Crippen LogP contribution is 2.33. The molecule has 0 aliphatic heterocycles. The lowest BCUT2D eigenvalue weighted by molar-refractivity contribution is -0.138. The van der Waals surface area contributed by atoms with Crippen LogP contribution in [0.25, 0.3) is 11.0 Å². The molecule has 0 bridgehead atoms. The number of carboxylic acid groups (broad SMARTS) is 1. The SMILES string of the molecule is CC(C(=O)O)c1cc2oc(Cl)cc2cc1O. The molecular weight excluding hydrogens is 232 g/mol. The summed E-state index contributed by atoms with van der Waals surface area (Å²) in [4.78, 5) is 10.8. The van der Waals surface area contributed by atoms with Gasteiger partial charge < -0.3 is 14.6 Å². The fourth-order valence-corrected chi connectivity index (χ4v) is 1.74. The molecule has 16 heavy (non-hydrogen) atoms. The molecule has 1 aromatic carbocycles. The van der Waals surface area contributed by atoms with Crippen molar-refractivity contribution in [2.24, 2.45) is 0 Å². The first-order valence-electron chi connectivity index (χ1n) is 4.64. The average Bonchev–Trinajstić information content (AvgIpc) is 2.54. The number of aromatic hydroxyl groups is 1. The van der Waals surface area contributed by atoms with Gasteiger partial charge in [0.05, 0.1) is 5.92 Å². The van der Waals surface area contributed by atoms with Crippen LogP contribution in [0.3, 0.4) is 0 Å². The standard InChI is InChI=1S/C11H9ClO4/c1-5(11(14)15)7-4-9-6(2-8(7)13)3-10(12)16-9/h2-5,13H,1H3,(H,14,15). The highest BCUT2D eigenvalue weighted by Gasteiger charge is 2.19. The number of halogens is 1. The molecule has 0 aliphatic carbocycles. The van der Waals surface area contributed by atoms with Gasteiger partial charge in [-0.15, -0.1) is 0 Å². The van der Waals surface area contributed by atoms with Gasteiger partial charge in [-0.05, 0) is 30.7 Å². The van der Waals surface area contributed by atoms with Crippen LogP contribution >= 0.6 is 11.6 Å². The zero-order chi connectivity index (χ0) is 11.9. The summed E-state index contributed by atoms with van der Waals surface area (Å²) in [7, 11) is 0. The third-order valence-electron chi connectivity index (χ3n) is 2.47. The number of rotatable bonds is 2. The van der Waals surface area contributed by atoms with E-state index in [1.807, 2.05) is 0 Å². The van der Waals surface area contributed by atoms with Gasteiger partial charge in [-0.25, -0.2) is 0 Å². The number of aliphatic carboxylic acids is 1. The lowest BCUT2D eigenvalue weighted by atomic mass is 9.99. The summed E-state index contributed by atoms with van der Waals surface area (Å²) in [6.07, 6.45) is 0. The molecule has 1 aromatic heterocycles. The van der Waals surface area contributed by atoms with Crippen molar-refractivity contribution < 1.29 is 19.4 Å². The second-order valence-corrected chi connectivity index (χ2v) is 3.93. The van der Waals surface area contributed by atoms with Gasteiger partial charge in [0.2, 0.25) is 0 Å². The summed E-state index contributed by atoms with van der Waals surface area (Å²) in [5.74, 6) is -1.87. The van der Waals surface area contributed by atoms with Crippen molar-refractivity contribution in [3.8, 4) is 5.75 Å². The van der Waals surface area contributed by atoms with Crippen LogP contribution in [-0.2, 0) is 4.79 Å². The van der Waals surface area contributed by atoms with Crippen LogP contribution in [0.15, 0.2) is 22.6 Å². The van der Waals surface area contributed by atoms with E-state index in [0.29, 0.717) is 16.5 Å². The summed E-state index contributed by atoms with van der Waals surface area (Å²) >= 11 is 5.67. The molecule has 0 spiro atoms. The maximum Gasteiger partial charge on any atom is 0.310 e. The number of furan rings is 1. The Morgan fingerprint density at radius 1 is 1.44 bits per heavy atom. The predicted octanol–water partition coefficient (Wildman–Crippen LogP) is 2.98. The second-order valence-electron chi connectivity index (χ2n) is 3.56. The molecule has 0 fully saturated rings. The molecule has 5 heteroatoms. The van der Waals surface area contributed by atoms with Crippen molar-refractivity contribution in [3.63, 3.8) is 0 Å². The summed E-state index contributed by atoms with van der Waals surface area (Å²) in [6, 6.07) is 4.50. The number of hydrogen-bond donors (Lipinski definition) is 2. The summed E-state index contributed by atoms with van der Waals surface area (Å²) in [5.41, 5.74) is 0.775. The number of benzene rings is 1. The fraction of sp³-hybridized carbons (Fsp3) is 0.182. The van der Waals surface area contributed by atoms with Gasteiger partial charge in [0, 0.05) is 17.0 Å². The first-order chi connectivity index (χ1) is 7.49. The molecule has 0 aliphatic rings. The van der Waals surface area contributed by atoms with Crippen LogP contribution in [0, 0.1) is 0 Å². The van der Waals surface area contributed by atoms with E-state index in [1.54, 1.807) is 6.07 Å². The first-order valence-corrected chi connectivity index (χ1v) is 5.01. The van der Waals surface area contributed by atoms with Crippen LogP contribution in [-0.4, -0.2) is 16.2 Å². The molecule has 84 valence electrons. The second kappa shape index (κ2) is 3.72. The minimum absolute atomic E-state index is 0.0696. The number of phenolic OH excluding ortho intramolecular Hbond substituents is 1. The number of hydrogen-bond acceptors (Lipinski definition) is 3. The lowest BCUT2D eigenvalue weighted by Crippen LogP contribution is -2.07. The van der Waals surface area contributed by atoms with Gasteiger partial charge in [0.25, 0.3) is 0 Å². The van der Waals surface area contributed by atoms with Crippen LogP contribution in [0.2, 0.25) is 5.22 Å². The molecule has 1 heterocycles. The first kappa shape index (κ1) is 10.8. The smallest absolute Gasteiger partial charge is 0.310 e. The number of phenols is 1. The van der Waals surface area contributed by atoms with E-state index in [9.17, 15) is 9.90 Å². The molecular formula is C11H9ClO4. The van der Waals surface area contributed by atoms with Gasteiger partial charge in [-0.3, -0.25) is 4.79 Å². The van der Waals surface area contributed by atoms with E-state index < -0.39 is 11.9 Å². The van der Waals surface area contributed by atoms with Gasteiger partial charge in [-0.2, -0.15) is 0 Å². The highest BCUT2D eigenvalue weighted by atomic mass is 35.5. The van der Waals surface area contributed by atoms with Crippen molar-refractivity contribution in [1.82, 2.24) is 0 Å². The Morgan fingerprint density at radius 2 is 2.12 bits per heavy atom. The number of fused-ring (bicyclic) bond motifs is 1. The fourth-order valence-electron chi connectivity index (χ4n) is 1.54. The average molecular weight is 241 g/mol. The summed E-state index contributed by atoms with van der Waals surface area (Å²) in [5, 5.41) is 19.4. The van der Waals surface area contributed by atoms with Gasteiger partial charge in [-0.1, -0.05) is 0 Å². The normalized spacial score (nSPS) is 12.9. The van der Waals surface area contributed by atoms with E-state index in [1.165, 1.54) is 19.1 Å². The third-order valence-corrected chi connectivity index (χ3v) is 2.66. The zero-order valence-electron chi connectivity index (χ0n) is 8.40. The minimum atomic E-state index is -1.01. The van der Waals surface area contributed by atoms with Crippen molar-refractivity contribution >= 4 is 28.5 Å². The predicted molar refractivity (Wildman–Crippen MR) is 58.9 cm³/mol. The van der Waals surface area contributed by atoms with Crippen molar-refractivity contribution in [1.29, 1.82) is 0 Å². The Hall–Kier alpha value is -1.68. The highest BCUT2D eigenvalue weighted by molar-refractivity contribution is 6.29. The molecule has 2 N–H and O–H groups in total. The van der Waals surface area contributed by atoms with Gasteiger partial charge >= 0.3 is 5.97 Å². The van der Waals surface area contributed by atoms with E-state index >= 15 is 0 Å². The van der Waals surface area contributed by atoms with E-state index in [2.05, 4.69) is 0 Å². The summed E-state index contributed by atoms with van der Waals surface area (Å²) in [6.45, 7) is 1.49. The Bertz CT molecular complexity index is 558. The molecule has 1 atom stereocenters. The monoisotopic (exact) mass is 240 g/mol. The number of carbonyl (C=O) groups is 1. The molecule has 1 unspecified atom stereocenters. The molecule has 2 rings (SSSR count). The van der Waals surface area contributed by atoms with Crippen LogP contribution in [0.4, 0.5) is 0 Å². The van der Waals surface area contributed by atoms with Crippen LogP contribution < -0.4 is 0 Å². The Kier molecular flexibility index (Phi) is 2.52. The Balaban J connectivity index is 2.61. The van der Waals surface area contributed by atoms with E-state index in [0.717, 1.165) is 0 Å². The van der Waals surface area contributed by atoms with Crippen LogP contribution in [0.1, 0.15) is 18.4 Å². The molecule has 4 nitrogen and oxygen atoms in total. The minimum Gasteiger partial charge on any atom is -0.508 e. The topological polar surface area (TPSA) is 70.7 Å². The van der Waals surface area contributed by atoms with Crippen molar-refractivity contribution in [2.75, 3.05) is 0 Å². The van der Waals surface area contributed by atoms with E-state index in [4.69, 9.17) is 21.1 Å². The molecule has 0 amide bonds.